The smallest absolute Gasteiger partial charge is 0.317 e. The molecule has 4 nitrogen and oxygen atoms in total. The zero-order valence-electron chi connectivity index (χ0n) is 14.3. The second-order valence-corrected chi connectivity index (χ2v) is 6.67. The van der Waals surface area contributed by atoms with E-state index in [0.29, 0.717) is 6.54 Å². The van der Waals surface area contributed by atoms with Crippen LogP contribution in [-0.4, -0.2) is 19.3 Å². The first-order valence-corrected chi connectivity index (χ1v) is 8.72. The Bertz CT molecular complexity index is 699. The van der Waals surface area contributed by atoms with Crippen molar-refractivity contribution in [1.29, 1.82) is 0 Å². The van der Waals surface area contributed by atoms with Crippen LogP contribution in [-0.2, 0) is 6.42 Å². The van der Waals surface area contributed by atoms with Gasteiger partial charge in [0.25, 0.3) is 0 Å². The number of halogens is 1. The van der Waals surface area contributed by atoms with E-state index >= 15 is 0 Å². The maximum atomic E-state index is 11.8. The molecule has 5 heteroatoms. The third kappa shape index (κ3) is 5.27. The van der Waals surface area contributed by atoms with E-state index in [1.165, 1.54) is 11.1 Å². The Kier molecular flexibility index (Phi) is 6.67. The summed E-state index contributed by atoms with van der Waals surface area (Å²) >= 11 is 3.41. The van der Waals surface area contributed by atoms with Gasteiger partial charge in [-0.3, -0.25) is 0 Å². The van der Waals surface area contributed by atoms with Crippen LogP contribution >= 0.6 is 15.9 Å². The third-order valence-electron chi connectivity index (χ3n) is 3.94. The van der Waals surface area contributed by atoms with Gasteiger partial charge in [0.05, 0.1) is 0 Å². The molecule has 0 aliphatic carbocycles. The molecular formula is C19H23BrN2O2. The predicted octanol–water partition coefficient (Wildman–Crippen LogP) is 4.25. The second kappa shape index (κ2) is 8.73. The standard InChI is InChI=1S/C19H23BrN2O2/c1-13-4-5-14(2)18(15(13)3)24-12-22-19(23)21-11-10-16-6-8-17(20)9-7-16/h4-9H,10-12H2,1-3H3,(H2,21,22,23). The van der Waals surface area contributed by atoms with Gasteiger partial charge >= 0.3 is 6.03 Å². The Hall–Kier alpha value is -2.01. The van der Waals surface area contributed by atoms with Crippen molar-refractivity contribution in [3.05, 3.63) is 63.1 Å². The third-order valence-corrected chi connectivity index (χ3v) is 4.46. The molecule has 2 N–H and O–H groups in total. The minimum Gasteiger partial charge on any atom is -0.473 e. The number of nitrogens with one attached hydrogen (secondary N) is 2. The number of hydrogen-bond donors (Lipinski definition) is 2. The SMILES string of the molecule is Cc1ccc(C)c(OCNC(=O)NCCc2ccc(Br)cc2)c1C. The van der Waals surface area contributed by atoms with Gasteiger partial charge in [0, 0.05) is 11.0 Å². The zero-order chi connectivity index (χ0) is 17.5. The molecule has 128 valence electrons. The molecule has 0 bridgehead atoms. The van der Waals surface area contributed by atoms with Crippen LogP contribution in [0.1, 0.15) is 22.3 Å². The summed E-state index contributed by atoms with van der Waals surface area (Å²) in [7, 11) is 0. The molecule has 0 saturated heterocycles. The Morgan fingerprint density at radius 1 is 1.00 bits per heavy atom. The molecular weight excluding hydrogens is 368 g/mol. The summed E-state index contributed by atoms with van der Waals surface area (Å²) in [5.41, 5.74) is 4.53. The number of amides is 2. The van der Waals surface area contributed by atoms with E-state index in [4.69, 9.17) is 4.74 Å². The minimum absolute atomic E-state index is 0.148. The highest BCUT2D eigenvalue weighted by Crippen LogP contribution is 2.25. The van der Waals surface area contributed by atoms with Crippen LogP contribution in [0.2, 0.25) is 0 Å². The summed E-state index contributed by atoms with van der Waals surface area (Å²) in [6, 6.07) is 11.9. The van der Waals surface area contributed by atoms with Crippen LogP contribution in [0.25, 0.3) is 0 Å². The van der Waals surface area contributed by atoms with Crippen LogP contribution in [0.15, 0.2) is 40.9 Å². The highest BCUT2D eigenvalue weighted by molar-refractivity contribution is 9.10. The van der Waals surface area contributed by atoms with E-state index < -0.39 is 0 Å². The van der Waals surface area contributed by atoms with E-state index in [0.717, 1.165) is 27.8 Å². The van der Waals surface area contributed by atoms with Crippen molar-refractivity contribution in [2.24, 2.45) is 0 Å². The van der Waals surface area contributed by atoms with Crippen LogP contribution in [0, 0.1) is 20.8 Å². The molecule has 0 fully saturated rings. The topological polar surface area (TPSA) is 50.4 Å². The van der Waals surface area contributed by atoms with Crippen LogP contribution < -0.4 is 15.4 Å². The summed E-state index contributed by atoms with van der Waals surface area (Å²) < 4.78 is 6.77. The van der Waals surface area contributed by atoms with E-state index in [9.17, 15) is 4.79 Å². The van der Waals surface area contributed by atoms with E-state index in [1.54, 1.807) is 0 Å². The van der Waals surface area contributed by atoms with Gasteiger partial charge in [-0.25, -0.2) is 4.79 Å². The summed E-state index contributed by atoms with van der Waals surface area (Å²) in [5.74, 6) is 0.838. The monoisotopic (exact) mass is 390 g/mol. The fraction of sp³-hybridized carbons (Fsp3) is 0.316. The number of carbonyl (C=O) groups is 1. The second-order valence-electron chi connectivity index (χ2n) is 5.75. The highest BCUT2D eigenvalue weighted by atomic mass is 79.9. The molecule has 0 spiro atoms. The largest absolute Gasteiger partial charge is 0.473 e. The number of benzene rings is 2. The Labute approximate surface area is 151 Å². The summed E-state index contributed by atoms with van der Waals surface area (Å²) in [4.78, 5) is 11.8. The predicted molar refractivity (Wildman–Crippen MR) is 101 cm³/mol. The summed E-state index contributed by atoms with van der Waals surface area (Å²) in [6.45, 7) is 6.80. The van der Waals surface area contributed by atoms with Crippen molar-refractivity contribution < 1.29 is 9.53 Å². The average Bonchev–Trinajstić information content (AvgIpc) is 2.56. The van der Waals surface area contributed by atoms with Crippen molar-refractivity contribution in [3.8, 4) is 5.75 Å². The van der Waals surface area contributed by atoms with Gasteiger partial charge in [0.15, 0.2) is 6.73 Å². The molecule has 0 heterocycles. The van der Waals surface area contributed by atoms with E-state index in [-0.39, 0.29) is 12.8 Å². The molecule has 0 aliphatic rings. The van der Waals surface area contributed by atoms with Crippen molar-refractivity contribution >= 4 is 22.0 Å². The van der Waals surface area contributed by atoms with E-state index in [2.05, 4.69) is 32.6 Å². The first kappa shape index (κ1) is 18.3. The van der Waals surface area contributed by atoms with Crippen molar-refractivity contribution in [3.63, 3.8) is 0 Å². The number of rotatable bonds is 6. The molecule has 2 rings (SSSR count). The van der Waals surface area contributed by atoms with Gasteiger partial charge in [-0.1, -0.05) is 40.2 Å². The van der Waals surface area contributed by atoms with Crippen molar-refractivity contribution in [2.75, 3.05) is 13.3 Å². The highest BCUT2D eigenvalue weighted by Gasteiger charge is 2.07. The summed E-state index contributed by atoms with van der Waals surface area (Å²) in [6.07, 6.45) is 0.789. The zero-order valence-corrected chi connectivity index (χ0v) is 15.9. The van der Waals surface area contributed by atoms with Crippen LogP contribution in [0.5, 0.6) is 5.75 Å². The molecule has 2 aromatic carbocycles. The number of urea groups is 1. The van der Waals surface area contributed by atoms with Crippen LogP contribution in [0.3, 0.4) is 0 Å². The lowest BCUT2D eigenvalue weighted by Gasteiger charge is -2.14. The molecule has 2 amide bonds. The van der Waals surface area contributed by atoms with Crippen LogP contribution in [0.4, 0.5) is 4.79 Å². The maximum Gasteiger partial charge on any atom is 0.317 e. The number of hydrogen-bond acceptors (Lipinski definition) is 2. The van der Waals surface area contributed by atoms with Gasteiger partial charge in [0.1, 0.15) is 5.75 Å². The first-order chi connectivity index (χ1) is 11.5. The molecule has 0 radical (unpaired) electrons. The first-order valence-electron chi connectivity index (χ1n) is 7.93. The Balaban J connectivity index is 1.72. The molecule has 0 atom stereocenters. The molecule has 0 unspecified atom stereocenters. The molecule has 24 heavy (non-hydrogen) atoms. The average molecular weight is 391 g/mol. The summed E-state index contributed by atoms with van der Waals surface area (Å²) in [5, 5.41) is 5.55. The lowest BCUT2D eigenvalue weighted by molar-refractivity contribution is 0.223. The van der Waals surface area contributed by atoms with Crippen molar-refractivity contribution in [2.45, 2.75) is 27.2 Å². The molecule has 0 saturated carbocycles. The number of aryl methyl sites for hydroxylation is 2. The lowest BCUT2D eigenvalue weighted by Crippen LogP contribution is -2.38. The number of carbonyl (C=O) groups excluding carboxylic acids is 1. The minimum atomic E-state index is -0.227. The van der Waals surface area contributed by atoms with Gasteiger partial charge in [-0.2, -0.15) is 0 Å². The maximum absolute atomic E-state index is 11.8. The van der Waals surface area contributed by atoms with Gasteiger partial charge in [-0.05, 0) is 61.6 Å². The van der Waals surface area contributed by atoms with Gasteiger partial charge < -0.3 is 15.4 Å². The molecule has 0 aliphatic heterocycles. The quantitative estimate of drug-likeness (QED) is 0.724. The Morgan fingerprint density at radius 2 is 1.67 bits per heavy atom. The number of ether oxygens (including phenoxy) is 1. The lowest BCUT2D eigenvalue weighted by atomic mass is 10.1. The van der Waals surface area contributed by atoms with E-state index in [1.807, 2.05) is 51.1 Å². The fourth-order valence-corrected chi connectivity index (χ4v) is 2.62. The molecule has 0 aromatic heterocycles. The van der Waals surface area contributed by atoms with Gasteiger partial charge in [-0.15, -0.1) is 0 Å². The van der Waals surface area contributed by atoms with Crippen molar-refractivity contribution in [1.82, 2.24) is 10.6 Å². The molecule has 2 aromatic rings. The normalized spacial score (nSPS) is 10.3. The fourth-order valence-electron chi connectivity index (χ4n) is 2.36. The van der Waals surface area contributed by atoms with Gasteiger partial charge in [0.2, 0.25) is 0 Å². The Morgan fingerprint density at radius 3 is 2.38 bits per heavy atom.